The summed E-state index contributed by atoms with van der Waals surface area (Å²) in [6.45, 7) is 4.57. The first-order valence-corrected chi connectivity index (χ1v) is 9.59. The molecule has 0 N–H and O–H groups in total. The van der Waals surface area contributed by atoms with E-state index < -0.39 is 0 Å². The van der Waals surface area contributed by atoms with Gasteiger partial charge in [0.2, 0.25) is 0 Å². The first-order valence-electron chi connectivity index (χ1n) is 9.59. The largest absolute Gasteiger partial charge is 0.294 e. The highest BCUT2D eigenvalue weighted by molar-refractivity contribution is 5.85. The standard InChI is InChI=1S/C24H20N4O/c1-16-10-11-22(17(2)12-16)28-23-21(13-26-28)24(29)27(15-25-23)14-19-8-5-7-18-6-3-4-9-20(18)19/h3-13,15H,14H2,1-2H3. The number of nitrogens with zero attached hydrogens (tertiary/aromatic N) is 4. The van der Waals surface area contributed by atoms with E-state index in [-0.39, 0.29) is 5.56 Å². The first kappa shape index (κ1) is 17.4. The fourth-order valence-corrected chi connectivity index (χ4v) is 3.89. The molecule has 0 saturated heterocycles. The molecule has 142 valence electrons. The molecule has 29 heavy (non-hydrogen) atoms. The minimum absolute atomic E-state index is 0.0843. The lowest BCUT2D eigenvalue weighted by molar-refractivity contribution is 0.749. The van der Waals surface area contributed by atoms with Gasteiger partial charge in [-0.3, -0.25) is 9.36 Å². The van der Waals surface area contributed by atoms with Gasteiger partial charge in [-0.05, 0) is 41.8 Å². The lowest BCUT2D eigenvalue weighted by Gasteiger charge is -2.10. The quantitative estimate of drug-likeness (QED) is 0.466. The number of benzene rings is 3. The number of aromatic nitrogens is 4. The van der Waals surface area contributed by atoms with Gasteiger partial charge in [-0.25, -0.2) is 9.67 Å². The zero-order valence-electron chi connectivity index (χ0n) is 16.3. The third kappa shape index (κ3) is 2.91. The van der Waals surface area contributed by atoms with Crippen LogP contribution < -0.4 is 5.56 Å². The Morgan fingerprint density at radius 1 is 0.931 bits per heavy atom. The van der Waals surface area contributed by atoms with Crippen molar-refractivity contribution in [3.8, 4) is 5.69 Å². The number of hydrogen-bond acceptors (Lipinski definition) is 3. The fraction of sp³-hybridized carbons (Fsp3) is 0.125. The van der Waals surface area contributed by atoms with Crippen molar-refractivity contribution in [1.82, 2.24) is 19.3 Å². The Balaban J connectivity index is 1.61. The molecule has 2 aromatic heterocycles. The van der Waals surface area contributed by atoms with Gasteiger partial charge in [0.15, 0.2) is 5.65 Å². The highest BCUT2D eigenvalue weighted by Crippen LogP contribution is 2.21. The highest BCUT2D eigenvalue weighted by atomic mass is 16.1. The van der Waals surface area contributed by atoms with Gasteiger partial charge in [0.1, 0.15) is 11.7 Å². The van der Waals surface area contributed by atoms with E-state index in [1.165, 1.54) is 5.56 Å². The molecule has 5 nitrogen and oxygen atoms in total. The van der Waals surface area contributed by atoms with Gasteiger partial charge in [0.25, 0.3) is 5.56 Å². The Morgan fingerprint density at radius 3 is 2.62 bits per heavy atom. The molecule has 0 atom stereocenters. The van der Waals surface area contributed by atoms with Crippen LogP contribution in [0.25, 0.3) is 27.5 Å². The minimum atomic E-state index is -0.0843. The Kier molecular flexibility index (Phi) is 4.02. The monoisotopic (exact) mass is 380 g/mol. The van der Waals surface area contributed by atoms with Gasteiger partial charge in [0.05, 0.1) is 18.4 Å². The molecular formula is C24H20N4O. The zero-order valence-corrected chi connectivity index (χ0v) is 16.3. The van der Waals surface area contributed by atoms with Gasteiger partial charge in [0, 0.05) is 0 Å². The fourth-order valence-electron chi connectivity index (χ4n) is 3.89. The smallest absolute Gasteiger partial charge is 0.264 e. The van der Waals surface area contributed by atoms with Crippen molar-refractivity contribution < 1.29 is 0 Å². The summed E-state index contributed by atoms with van der Waals surface area (Å²) in [7, 11) is 0. The van der Waals surface area contributed by atoms with Crippen LogP contribution in [0.4, 0.5) is 0 Å². The Labute approximate surface area is 167 Å². The van der Waals surface area contributed by atoms with E-state index >= 15 is 0 Å². The number of aryl methyl sites for hydroxylation is 2. The van der Waals surface area contributed by atoms with Crippen LogP contribution in [0.1, 0.15) is 16.7 Å². The molecule has 0 aliphatic heterocycles. The van der Waals surface area contributed by atoms with Crippen molar-refractivity contribution >= 4 is 21.8 Å². The third-order valence-corrected chi connectivity index (χ3v) is 5.36. The molecule has 0 fully saturated rings. The molecule has 0 aliphatic rings. The van der Waals surface area contributed by atoms with Gasteiger partial charge in [-0.15, -0.1) is 0 Å². The van der Waals surface area contributed by atoms with Gasteiger partial charge < -0.3 is 0 Å². The lowest BCUT2D eigenvalue weighted by Crippen LogP contribution is -2.21. The van der Waals surface area contributed by atoms with Crippen molar-refractivity contribution in [3.63, 3.8) is 0 Å². The van der Waals surface area contributed by atoms with Crippen molar-refractivity contribution in [3.05, 3.63) is 100 Å². The molecule has 0 bridgehead atoms. The summed E-state index contributed by atoms with van der Waals surface area (Å²) in [5.74, 6) is 0. The maximum atomic E-state index is 13.1. The summed E-state index contributed by atoms with van der Waals surface area (Å²) in [6, 6.07) is 20.5. The van der Waals surface area contributed by atoms with Crippen LogP contribution in [-0.4, -0.2) is 19.3 Å². The van der Waals surface area contributed by atoms with E-state index in [4.69, 9.17) is 0 Å². The zero-order chi connectivity index (χ0) is 20.0. The number of rotatable bonds is 3. The second kappa shape index (κ2) is 6.71. The topological polar surface area (TPSA) is 52.7 Å². The second-order valence-corrected chi connectivity index (χ2v) is 7.40. The van der Waals surface area contributed by atoms with Crippen LogP contribution in [0, 0.1) is 13.8 Å². The SMILES string of the molecule is Cc1ccc(-n2ncc3c(=O)n(Cc4cccc5ccccc45)cnc32)c(C)c1. The van der Waals surface area contributed by atoms with E-state index in [2.05, 4.69) is 47.3 Å². The van der Waals surface area contributed by atoms with Crippen molar-refractivity contribution in [2.75, 3.05) is 0 Å². The average molecular weight is 380 g/mol. The molecule has 0 spiro atoms. The maximum absolute atomic E-state index is 13.1. The molecule has 0 saturated carbocycles. The van der Waals surface area contributed by atoms with Crippen LogP contribution in [0.3, 0.4) is 0 Å². The Morgan fingerprint density at radius 2 is 1.76 bits per heavy atom. The van der Waals surface area contributed by atoms with Gasteiger partial charge in [-0.2, -0.15) is 5.10 Å². The Bertz CT molecular complexity index is 1420. The highest BCUT2D eigenvalue weighted by Gasteiger charge is 2.13. The molecule has 0 aliphatic carbocycles. The molecule has 0 radical (unpaired) electrons. The third-order valence-electron chi connectivity index (χ3n) is 5.36. The minimum Gasteiger partial charge on any atom is -0.294 e. The number of hydrogen-bond donors (Lipinski definition) is 0. The van der Waals surface area contributed by atoms with E-state index in [1.807, 2.05) is 37.3 Å². The van der Waals surface area contributed by atoms with Crippen molar-refractivity contribution in [2.24, 2.45) is 0 Å². The van der Waals surface area contributed by atoms with E-state index in [0.717, 1.165) is 27.6 Å². The molecule has 2 heterocycles. The first-order chi connectivity index (χ1) is 14.1. The molecule has 0 amide bonds. The van der Waals surface area contributed by atoms with E-state index in [0.29, 0.717) is 17.6 Å². The lowest BCUT2D eigenvalue weighted by atomic mass is 10.0. The summed E-state index contributed by atoms with van der Waals surface area (Å²) in [5.41, 5.74) is 4.80. The summed E-state index contributed by atoms with van der Waals surface area (Å²) < 4.78 is 3.39. The van der Waals surface area contributed by atoms with Crippen molar-refractivity contribution in [1.29, 1.82) is 0 Å². The normalized spacial score (nSPS) is 11.4. The van der Waals surface area contributed by atoms with Crippen LogP contribution in [0.15, 0.2) is 78.0 Å². The van der Waals surface area contributed by atoms with E-state index in [1.54, 1.807) is 21.8 Å². The Hall–Kier alpha value is -3.73. The van der Waals surface area contributed by atoms with Crippen LogP contribution in [-0.2, 0) is 6.54 Å². The summed E-state index contributed by atoms with van der Waals surface area (Å²) in [4.78, 5) is 17.7. The predicted octanol–water partition coefficient (Wildman–Crippen LogP) is 4.40. The summed E-state index contributed by atoms with van der Waals surface area (Å²) in [5, 5.41) is 7.28. The predicted molar refractivity (Wildman–Crippen MR) is 116 cm³/mol. The van der Waals surface area contributed by atoms with Gasteiger partial charge in [-0.1, -0.05) is 60.2 Å². The van der Waals surface area contributed by atoms with Crippen LogP contribution in [0.2, 0.25) is 0 Å². The molecule has 5 rings (SSSR count). The average Bonchev–Trinajstić information content (AvgIpc) is 3.15. The molecule has 5 heteroatoms. The van der Waals surface area contributed by atoms with Crippen molar-refractivity contribution in [2.45, 2.75) is 20.4 Å². The second-order valence-electron chi connectivity index (χ2n) is 7.40. The number of fused-ring (bicyclic) bond motifs is 2. The molecule has 5 aromatic rings. The van der Waals surface area contributed by atoms with Crippen LogP contribution in [0.5, 0.6) is 0 Å². The van der Waals surface area contributed by atoms with E-state index in [9.17, 15) is 4.79 Å². The maximum Gasteiger partial charge on any atom is 0.264 e. The molecule has 0 unspecified atom stereocenters. The molecule has 3 aromatic carbocycles. The molecular weight excluding hydrogens is 360 g/mol. The summed E-state index contributed by atoms with van der Waals surface area (Å²) >= 11 is 0. The summed E-state index contributed by atoms with van der Waals surface area (Å²) in [6.07, 6.45) is 3.23. The van der Waals surface area contributed by atoms with Crippen LogP contribution >= 0.6 is 0 Å². The van der Waals surface area contributed by atoms with Gasteiger partial charge >= 0.3 is 0 Å².